The molecule has 0 spiro atoms. The molecular formula is C22H37IN6. The number of hydrogen-bond acceptors (Lipinski definition) is 3. The van der Waals surface area contributed by atoms with Crippen molar-refractivity contribution in [2.45, 2.75) is 53.2 Å². The van der Waals surface area contributed by atoms with Crippen molar-refractivity contribution < 1.29 is 0 Å². The molecule has 1 aromatic carbocycles. The molecule has 2 aromatic rings. The minimum Gasteiger partial charge on any atom is -0.357 e. The minimum atomic E-state index is 0. The van der Waals surface area contributed by atoms with Crippen molar-refractivity contribution in [3.63, 3.8) is 0 Å². The van der Waals surface area contributed by atoms with E-state index in [-0.39, 0.29) is 30.0 Å². The molecule has 1 unspecified atom stereocenters. The number of guanidine groups is 1. The van der Waals surface area contributed by atoms with Gasteiger partial charge in [0.05, 0.1) is 12.2 Å². The van der Waals surface area contributed by atoms with Crippen molar-refractivity contribution in [2.24, 2.45) is 12.0 Å². The Morgan fingerprint density at radius 2 is 1.93 bits per heavy atom. The van der Waals surface area contributed by atoms with Crippen LogP contribution >= 0.6 is 24.0 Å². The Morgan fingerprint density at radius 1 is 1.24 bits per heavy atom. The van der Waals surface area contributed by atoms with Crippen molar-refractivity contribution in [1.29, 1.82) is 0 Å². The number of nitrogens with zero attached hydrogens (tertiary/aromatic N) is 4. The van der Waals surface area contributed by atoms with Crippen molar-refractivity contribution in [2.75, 3.05) is 20.6 Å². The van der Waals surface area contributed by atoms with Gasteiger partial charge in [0.25, 0.3) is 0 Å². The average molecular weight is 512 g/mol. The number of rotatable bonds is 8. The van der Waals surface area contributed by atoms with Crippen LogP contribution in [-0.2, 0) is 26.6 Å². The third kappa shape index (κ3) is 7.97. The van der Waals surface area contributed by atoms with Gasteiger partial charge in [-0.05, 0) is 64.9 Å². The Balaban J connectivity index is 0.00000420. The molecule has 0 amide bonds. The zero-order valence-electron chi connectivity index (χ0n) is 18.9. The summed E-state index contributed by atoms with van der Waals surface area (Å²) in [5.41, 5.74) is 6.18. The molecule has 0 saturated carbocycles. The van der Waals surface area contributed by atoms with Gasteiger partial charge in [-0.15, -0.1) is 24.0 Å². The summed E-state index contributed by atoms with van der Waals surface area (Å²) in [6.07, 6.45) is 0.925. The Labute approximate surface area is 193 Å². The predicted molar refractivity (Wildman–Crippen MR) is 133 cm³/mol. The number of aromatic nitrogens is 2. The van der Waals surface area contributed by atoms with E-state index >= 15 is 0 Å². The van der Waals surface area contributed by atoms with Gasteiger partial charge in [0, 0.05) is 31.9 Å². The third-order valence-corrected chi connectivity index (χ3v) is 4.81. The van der Waals surface area contributed by atoms with Gasteiger partial charge in [0.2, 0.25) is 0 Å². The third-order valence-electron chi connectivity index (χ3n) is 4.81. The smallest absolute Gasteiger partial charge is 0.191 e. The lowest BCUT2D eigenvalue weighted by Crippen LogP contribution is -2.43. The van der Waals surface area contributed by atoms with Gasteiger partial charge in [0.1, 0.15) is 0 Å². The normalized spacial score (nSPS) is 12.6. The van der Waals surface area contributed by atoms with Crippen LogP contribution in [0.5, 0.6) is 0 Å². The predicted octanol–water partition coefficient (Wildman–Crippen LogP) is 3.40. The molecule has 1 heterocycles. The highest BCUT2D eigenvalue weighted by Gasteiger charge is 2.14. The van der Waals surface area contributed by atoms with E-state index in [1.807, 2.05) is 11.7 Å². The summed E-state index contributed by atoms with van der Waals surface area (Å²) < 4.78 is 1.96. The lowest BCUT2D eigenvalue weighted by molar-refractivity contribution is 0.402. The first-order valence-electron chi connectivity index (χ1n) is 10.1. The topological polar surface area (TPSA) is 57.5 Å². The highest BCUT2D eigenvalue weighted by atomic mass is 127. The Hall–Kier alpha value is -1.61. The van der Waals surface area contributed by atoms with E-state index in [1.54, 1.807) is 0 Å². The van der Waals surface area contributed by atoms with E-state index in [9.17, 15) is 0 Å². The zero-order chi connectivity index (χ0) is 20.7. The maximum atomic E-state index is 4.80. The molecule has 162 valence electrons. The Morgan fingerprint density at radius 3 is 2.52 bits per heavy atom. The molecule has 0 aliphatic heterocycles. The number of aliphatic imine (C=N–C) groups is 1. The quantitative estimate of drug-likeness (QED) is 0.324. The monoisotopic (exact) mass is 512 g/mol. The summed E-state index contributed by atoms with van der Waals surface area (Å²) in [6, 6.07) is 8.91. The fraction of sp³-hybridized carbons (Fsp3) is 0.545. The van der Waals surface area contributed by atoms with Crippen molar-refractivity contribution in [3.05, 3.63) is 52.3 Å². The lowest BCUT2D eigenvalue weighted by atomic mass is 10.1. The molecule has 29 heavy (non-hydrogen) atoms. The molecule has 0 aliphatic carbocycles. The lowest BCUT2D eigenvalue weighted by Gasteiger charge is -2.18. The molecule has 1 atom stereocenters. The fourth-order valence-corrected chi connectivity index (χ4v) is 3.39. The van der Waals surface area contributed by atoms with Crippen molar-refractivity contribution in [1.82, 2.24) is 25.3 Å². The van der Waals surface area contributed by atoms with Gasteiger partial charge >= 0.3 is 0 Å². The van der Waals surface area contributed by atoms with Crippen LogP contribution in [0.2, 0.25) is 0 Å². The Bertz CT molecular complexity index is 797. The van der Waals surface area contributed by atoms with Crippen LogP contribution in [0.15, 0.2) is 29.3 Å². The average Bonchev–Trinajstić information content (AvgIpc) is 2.86. The summed E-state index contributed by atoms with van der Waals surface area (Å²) in [5.74, 6) is 0.854. The molecule has 6 nitrogen and oxygen atoms in total. The summed E-state index contributed by atoms with van der Waals surface area (Å²) >= 11 is 0. The van der Waals surface area contributed by atoms with Gasteiger partial charge in [0.15, 0.2) is 5.96 Å². The summed E-state index contributed by atoms with van der Waals surface area (Å²) in [6.45, 7) is 10.9. The molecule has 7 heteroatoms. The van der Waals surface area contributed by atoms with E-state index in [1.165, 1.54) is 22.4 Å². The van der Waals surface area contributed by atoms with Gasteiger partial charge < -0.3 is 15.5 Å². The van der Waals surface area contributed by atoms with Crippen LogP contribution in [0.1, 0.15) is 41.9 Å². The number of hydrogen-bond donors (Lipinski definition) is 2. The second-order valence-corrected chi connectivity index (χ2v) is 7.78. The van der Waals surface area contributed by atoms with Crippen LogP contribution in [0.4, 0.5) is 0 Å². The summed E-state index contributed by atoms with van der Waals surface area (Å²) in [5, 5.41) is 11.4. The molecular weight excluding hydrogens is 475 g/mol. The molecule has 0 radical (unpaired) electrons. The fourth-order valence-electron chi connectivity index (χ4n) is 3.39. The van der Waals surface area contributed by atoms with Gasteiger partial charge in [-0.1, -0.05) is 24.3 Å². The molecule has 0 saturated heterocycles. The summed E-state index contributed by atoms with van der Waals surface area (Å²) in [7, 11) is 6.18. The molecule has 0 fully saturated rings. The van der Waals surface area contributed by atoms with Crippen LogP contribution in [-0.4, -0.2) is 47.3 Å². The SMILES string of the molecule is CCNC(=NCc1cccc(CN(C)C)c1)NC(C)Cc1c(C)nn(C)c1C.I. The molecule has 2 rings (SSSR count). The second kappa shape index (κ2) is 12.2. The van der Waals surface area contributed by atoms with Gasteiger partial charge in [-0.2, -0.15) is 5.10 Å². The van der Waals surface area contributed by atoms with E-state index in [2.05, 4.69) is 86.7 Å². The zero-order valence-corrected chi connectivity index (χ0v) is 21.2. The van der Waals surface area contributed by atoms with Gasteiger partial charge in [-0.25, -0.2) is 4.99 Å². The number of aryl methyl sites for hydroxylation is 2. The highest BCUT2D eigenvalue weighted by molar-refractivity contribution is 14.0. The van der Waals surface area contributed by atoms with E-state index < -0.39 is 0 Å². The van der Waals surface area contributed by atoms with E-state index in [0.717, 1.165) is 31.2 Å². The molecule has 2 N–H and O–H groups in total. The molecule has 1 aromatic heterocycles. The largest absolute Gasteiger partial charge is 0.357 e. The minimum absolute atomic E-state index is 0. The second-order valence-electron chi connectivity index (χ2n) is 7.78. The van der Waals surface area contributed by atoms with Crippen LogP contribution < -0.4 is 10.6 Å². The molecule has 0 bridgehead atoms. The van der Waals surface area contributed by atoms with Crippen molar-refractivity contribution in [3.8, 4) is 0 Å². The van der Waals surface area contributed by atoms with E-state index in [0.29, 0.717) is 6.54 Å². The first-order valence-corrected chi connectivity index (χ1v) is 10.1. The maximum absolute atomic E-state index is 4.80. The Kier molecular flexibility index (Phi) is 10.7. The van der Waals surface area contributed by atoms with Crippen LogP contribution in [0.3, 0.4) is 0 Å². The first-order chi connectivity index (χ1) is 13.3. The number of benzene rings is 1. The summed E-state index contributed by atoms with van der Waals surface area (Å²) in [4.78, 5) is 6.97. The highest BCUT2D eigenvalue weighted by Crippen LogP contribution is 2.14. The van der Waals surface area contributed by atoms with Crippen molar-refractivity contribution >= 4 is 29.9 Å². The first kappa shape index (κ1) is 25.4. The number of nitrogens with one attached hydrogen (secondary N) is 2. The number of halogens is 1. The van der Waals surface area contributed by atoms with Crippen LogP contribution in [0, 0.1) is 13.8 Å². The van der Waals surface area contributed by atoms with Gasteiger partial charge in [-0.3, -0.25) is 4.68 Å². The molecule has 0 aliphatic rings. The standard InChI is InChI=1S/C22H36N6.HI/c1-8-23-22(24-14-19-10-9-11-20(13-19)15-27(5)6)25-16(2)12-21-17(3)26-28(7)18(21)4;/h9-11,13,16H,8,12,14-15H2,1-7H3,(H2,23,24,25);1H. The maximum Gasteiger partial charge on any atom is 0.191 e. The van der Waals surface area contributed by atoms with E-state index in [4.69, 9.17) is 4.99 Å². The van der Waals surface area contributed by atoms with Crippen LogP contribution in [0.25, 0.3) is 0 Å².